The van der Waals surface area contributed by atoms with E-state index in [9.17, 15) is 28.8 Å². The van der Waals surface area contributed by atoms with Crippen molar-refractivity contribution in [3.05, 3.63) is 106 Å². The maximum Gasteiger partial charge on any atom is 0.255 e. The van der Waals surface area contributed by atoms with Gasteiger partial charge < -0.3 is 26.6 Å². The number of hydrogen-bond acceptors (Lipinski definition) is 10. The van der Waals surface area contributed by atoms with Gasteiger partial charge in [-0.2, -0.15) is 0 Å². The Bertz CT molecular complexity index is 2310. The smallest absolute Gasteiger partial charge is 0.255 e. The van der Waals surface area contributed by atoms with Gasteiger partial charge >= 0.3 is 0 Å². The summed E-state index contributed by atoms with van der Waals surface area (Å²) in [4.78, 5) is 90.9. The second-order valence-electron chi connectivity index (χ2n) is 16.8. The summed E-state index contributed by atoms with van der Waals surface area (Å²) in [5, 5.41) is 8.81. The van der Waals surface area contributed by atoms with Crippen molar-refractivity contribution in [2.75, 3.05) is 44.6 Å². The first-order chi connectivity index (χ1) is 30.5. The van der Waals surface area contributed by atoms with Gasteiger partial charge in [-0.05, 0) is 92.0 Å². The molecule has 1 aliphatic carbocycles. The highest BCUT2D eigenvalue weighted by Crippen LogP contribution is 2.31. The highest BCUT2D eigenvalue weighted by Gasteiger charge is 2.31. The maximum absolute atomic E-state index is 13.5. The number of anilines is 1. The summed E-state index contributed by atoms with van der Waals surface area (Å²) < 4.78 is 0. The van der Waals surface area contributed by atoms with Crippen molar-refractivity contribution in [2.45, 2.75) is 78.3 Å². The minimum Gasteiger partial charge on any atom is -0.387 e. The van der Waals surface area contributed by atoms with Crippen LogP contribution in [0.4, 0.5) is 11.4 Å². The second kappa shape index (κ2) is 20.6. The van der Waals surface area contributed by atoms with Crippen LogP contribution in [0.25, 0.3) is 6.08 Å². The minimum absolute atomic E-state index is 0.0359. The number of hydrogen-bond donors (Lipinski definition) is 4. The highest BCUT2D eigenvalue weighted by molar-refractivity contribution is 6.13. The van der Waals surface area contributed by atoms with Gasteiger partial charge in [0.05, 0.1) is 17.6 Å². The molecule has 4 heterocycles. The van der Waals surface area contributed by atoms with Crippen molar-refractivity contribution in [1.29, 1.82) is 0 Å². The van der Waals surface area contributed by atoms with Crippen LogP contribution < -0.4 is 21.7 Å². The third kappa shape index (κ3) is 11.3. The van der Waals surface area contributed by atoms with E-state index in [0.717, 1.165) is 61.0 Å². The molecule has 4 aliphatic rings. The third-order valence-corrected chi connectivity index (χ3v) is 12.1. The number of pyridine rings is 1. The van der Waals surface area contributed by atoms with Crippen LogP contribution in [0.2, 0.25) is 0 Å². The number of carbonyl (C=O) groups is 6. The van der Waals surface area contributed by atoms with Crippen molar-refractivity contribution in [3.63, 3.8) is 0 Å². The molecule has 3 aliphatic heterocycles. The minimum atomic E-state index is -0.308. The van der Waals surface area contributed by atoms with Gasteiger partial charge in [-0.1, -0.05) is 32.0 Å². The number of aliphatic imine (C=N–C) groups is 1. The van der Waals surface area contributed by atoms with E-state index in [0.29, 0.717) is 92.6 Å². The first-order valence-electron chi connectivity index (χ1n) is 22.1. The van der Waals surface area contributed by atoms with Gasteiger partial charge in [0.1, 0.15) is 5.84 Å². The molecule has 63 heavy (non-hydrogen) atoms. The fraction of sp³-hybridized carbons (Fsp3) is 0.417. The summed E-state index contributed by atoms with van der Waals surface area (Å²) in [7, 11) is 0. The molecule has 3 aromatic rings. The van der Waals surface area contributed by atoms with Crippen molar-refractivity contribution in [1.82, 2.24) is 30.3 Å². The summed E-state index contributed by atoms with van der Waals surface area (Å²) in [6.45, 7) is 8.60. The Hall–Kier alpha value is -6.48. The van der Waals surface area contributed by atoms with E-state index in [4.69, 9.17) is 5.73 Å². The van der Waals surface area contributed by atoms with Crippen LogP contribution in [0.1, 0.15) is 102 Å². The predicted molar refractivity (Wildman–Crippen MR) is 241 cm³/mol. The number of nitrogens with zero attached hydrogens (tertiary/aromatic N) is 5. The van der Waals surface area contributed by atoms with Gasteiger partial charge in [-0.15, -0.1) is 0 Å². The Balaban J connectivity index is 0.856. The summed E-state index contributed by atoms with van der Waals surface area (Å²) >= 11 is 0. The zero-order valence-electron chi connectivity index (χ0n) is 36.2. The summed E-state index contributed by atoms with van der Waals surface area (Å²) in [5.41, 5.74) is 12.7. The maximum atomic E-state index is 13.5. The number of imide groups is 1. The molecule has 0 atom stereocenters. The molecule has 0 radical (unpaired) electrons. The van der Waals surface area contributed by atoms with Gasteiger partial charge in [0.2, 0.25) is 11.8 Å². The molecule has 330 valence electrons. The van der Waals surface area contributed by atoms with Gasteiger partial charge in [0.15, 0.2) is 0 Å². The van der Waals surface area contributed by atoms with Gasteiger partial charge in [-0.25, -0.2) is 4.99 Å². The van der Waals surface area contributed by atoms with Crippen LogP contribution in [0.3, 0.4) is 0 Å². The Morgan fingerprint density at radius 3 is 2.27 bits per heavy atom. The van der Waals surface area contributed by atoms with Crippen molar-refractivity contribution in [2.24, 2.45) is 22.6 Å². The van der Waals surface area contributed by atoms with Crippen LogP contribution in [-0.2, 0) is 38.7 Å². The van der Waals surface area contributed by atoms with E-state index in [2.05, 4.69) is 44.7 Å². The molecule has 1 fully saturated rings. The zero-order chi connectivity index (χ0) is 44.5. The quantitative estimate of drug-likeness (QED) is 0.114. The molecule has 15 nitrogen and oxygen atoms in total. The van der Waals surface area contributed by atoms with E-state index in [1.165, 1.54) is 17.1 Å². The number of nitrogens with two attached hydrogens (primary N) is 1. The van der Waals surface area contributed by atoms with Crippen LogP contribution in [0.15, 0.2) is 77.4 Å². The number of benzene rings is 2. The molecule has 0 saturated heterocycles. The average Bonchev–Trinajstić information content (AvgIpc) is 3.49. The number of nitrogens with one attached hydrogen (secondary N) is 3. The average molecular weight is 856 g/mol. The van der Waals surface area contributed by atoms with Crippen LogP contribution in [-0.4, -0.2) is 100 Å². The number of aromatic nitrogens is 1. The molecule has 5 N–H and O–H groups in total. The number of fused-ring (bicyclic) bond motifs is 2. The normalized spacial score (nSPS) is 18.4. The molecule has 1 aromatic heterocycles. The predicted octanol–water partition coefficient (Wildman–Crippen LogP) is 4.89. The summed E-state index contributed by atoms with van der Waals surface area (Å²) in [6.07, 6.45) is 11.8. The highest BCUT2D eigenvalue weighted by atomic mass is 16.2. The topological polar surface area (TPSA) is 200 Å². The molecule has 0 unspecified atom stereocenters. The van der Waals surface area contributed by atoms with Crippen LogP contribution in [0.5, 0.6) is 0 Å². The standard InChI is InChI=1S/C48H57N9O6/c1-3-20-56(21-4-2)48(63)37-23-35-13-14-36(25-41(35)54-42(49)26-37)47(62)53-39-24-38-30-55(22-17-40(38)52-27-39)28-31-5-9-33(10-6-31)45(60)50-18-19-51-46(61)34-11-7-32(8-12-34)29-57-43(58)15-16-44(57)59/h5-6,9-10,13-16,23-25,27,32,34H,3-4,7-8,11-12,17-22,26,28-30H2,1-2H3,(H2,49,54)(H,50,60)(H,51,61)(H,53,62). The lowest BCUT2D eigenvalue weighted by Crippen LogP contribution is -2.40. The molecule has 0 bridgehead atoms. The zero-order valence-corrected chi connectivity index (χ0v) is 36.2. The molecule has 1 saturated carbocycles. The van der Waals surface area contributed by atoms with E-state index in [1.807, 2.05) is 29.2 Å². The molecule has 7 rings (SSSR count). The lowest BCUT2D eigenvalue weighted by atomic mass is 9.81. The van der Waals surface area contributed by atoms with Gasteiger partial charge in [0.25, 0.3) is 23.6 Å². The molecular formula is C48H57N9O6. The van der Waals surface area contributed by atoms with E-state index < -0.39 is 0 Å². The third-order valence-electron chi connectivity index (χ3n) is 12.1. The fourth-order valence-corrected chi connectivity index (χ4v) is 8.72. The van der Waals surface area contributed by atoms with Crippen LogP contribution >= 0.6 is 0 Å². The Morgan fingerprint density at radius 2 is 1.56 bits per heavy atom. The number of amides is 6. The largest absolute Gasteiger partial charge is 0.387 e. The summed E-state index contributed by atoms with van der Waals surface area (Å²) in [5.74, 6) is -0.737. The first kappa shape index (κ1) is 44.6. The van der Waals surface area contributed by atoms with Crippen molar-refractivity contribution < 1.29 is 28.8 Å². The van der Waals surface area contributed by atoms with Crippen molar-refractivity contribution >= 4 is 58.7 Å². The van der Waals surface area contributed by atoms with Crippen LogP contribution in [0, 0.1) is 11.8 Å². The van der Waals surface area contributed by atoms with E-state index in [1.54, 1.807) is 36.5 Å². The van der Waals surface area contributed by atoms with E-state index in [-0.39, 0.29) is 53.7 Å². The second-order valence-corrected chi connectivity index (χ2v) is 16.8. The lowest BCUT2D eigenvalue weighted by Gasteiger charge is -2.30. The molecule has 0 spiro atoms. The SMILES string of the molecule is CCCN(CCC)C(=O)C1=Cc2ccc(C(=O)Nc3cnc4c(c3)CN(Cc3ccc(C(=O)NCCNC(=O)C5CCC(CN6C(=O)C=CC6=O)CC5)cc3)CC4)cc2N=C(N)C1. The lowest BCUT2D eigenvalue weighted by molar-refractivity contribution is -0.138. The fourth-order valence-electron chi connectivity index (χ4n) is 8.72. The first-order valence-corrected chi connectivity index (χ1v) is 22.1. The number of rotatable bonds is 16. The van der Waals surface area contributed by atoms with Gasteiger partial charge in [-0.3, -0.25) is 43.6 Å². The number of amidine groups is 1. The molecule has 2 aromatic carbocycles. The molecule has 15 heteroatoms. The molecule has 6 amide bonds. The van der Waals surface area contributed by atoms with E-state index >= 15 is 0 Å². The number of carbonyl (C=O) groups excluding carboxylic acids is 6. The Morgan fingerprint density at radius 1 is 0.857 bits per heavy atom. The van der Waals surface area contributed by atoms with Gasteiger partial charge in [0, 0.05) is 111 Å². The van der Waals surface area contributed by atoms with Crippen molar-refractivity contribution in [3.8, 4) is 0 Å². The summed E-state index contributed by atoms with van der Waals surface area (Å²) in [6, 6.07) is 14.7. The monoisotopic (exact) mass is 855 g/mol. The Labute approximate surface area is 368 Å². The Kier molecular flexibility index (Phi) is 14.6. The molecular weight excluding hydrogens is 799 g/mol.